The molecule has 2 rings (SSSR count). The third kappa shape index (κ3) is 1.55. The molecule has 1 heterocycles. The van der Waals surface area contributed by atoms with Crippen LogP contribution in [-0.4, -0.2) is 4.98 Å². The molecule has 1 aromatic carbocycles. The van der Waals surface area contributed by atoms with E-state index in [9.17, 15) is 0 Å². The van der Waals surface area contributed by atoms with E-state index in [-0.39, 0.29) is 0 Å². The SMILES string of the molecule is NOc1ccc(-c2scnc2N)cc1. The van der Waals surface area contributed by atoms with Gasteiger partial charge in [0.15, 0.2) is 0 Å². The summed E-state index contributed by atoms with van der Waals surface area (Å²) in [7, 11) is 0. The topological polar surface area (TPSA) is 74.2 Å². The van der Waals surface area contributed by atoms with Gasteiger partial charge in [-0.1, -0.05) is 0 Å². The van der Waals surface area contributed by atoms with Crippen LogP contribution in [0.15, 0.2) is 29.8 Å². The first-order chi connectivity index (χ1) is 6.81. The quantitative estimate of drug-likeness (QED) is 0.734. The molecule has 0 aliphatic rings. The van der Waals surface area contributed by atoms with Crippen LogP contribution in [0.1, 0.15) is 0 Å². The molecule has 0 unspecified atom stereocenters. The zero-order valence-corrected chi connectivity index (χ0v) is 8.12. The Morgan fingerprint density at radius 2 is 1.93 bits per heavy atom. The van der Waals surface area contributed by atoms with E-state index in [0.29, 0.717) is 11.6 Å². The number of nitrogen functional groups attached to an aromatic ring is 1. The Kier molecular flexibility index (Phi) is 2.34. The second-order valence-corrected chi connectivity index (χ2v) is 3.56. The van der Waals surface area contributed by atoms with E-state index in [0.717, 1.165) is 10.4 Å². The van der Waals surface area contributed by atoms with Crippen molar-refractivity contribution in [1.29, 1.82) is 0 Å². The van der Waals surface area contributed by atoms with Crippen LogP contribution in [0.4, 0.5) is 5.82 Å². The fourth-order valence-electron chi connectivity index (χ4n) is 1.16. The lowest BCUT2D eigenvalue weighted by atomic mass is 10.2. The maximum atomic E-state index is 5.69. The maximum Gasteiger partial charge on any atom is 0.146 e. The highest BCUT2D eigenvalue weighted by molar-refractivity contribution is 7.13. The minimum Gasteiger partial charge on any atom is -0.412 e. The molecule has 0 aliphatic heterocycles. The number of nitrogens with two attached hydrogens (primary N) is 2. The van der Waals surface area contributed by atoms with Crippen molar-refractivity contribution in [3.8, 4) is 16.2 Å². The van der Waals surface area contributed by atoms with Gasteiger partial charge in [0.25, 0.3) is 0 Å². The van der Waals surface area contributed by atoms with Gasteiger partial charge in [0, 0.05) is 0 Å². The second kappa shape index (κ2) is 3.65. The first kappa shape index (κ1) is 8.98. The summed E-state index contributed by atoms with van der Waals surface area (Å²) >= 11 is 1.51. The predicted molar refractivity (Wildman–Crippen MR) is 56.8 cm³/mol. The first-order valence-electron chi connectivity index (χ1n) is 3.97. The van der Waals surface area contributed by atoms with Gasteiger partial charge in [-0.05, 0) is 29.8 Å². The highest BCUT2D eigenvalue weighted by Crippen LogP contribution is 2.30. The van der Waals surface area contributed by atoms with Gasteiger partial charge in [-0.15, -0.1) is 11.3 Å². The Labute approximate surface area is 85.1 Å². The predicted octanol–water partition coefficient (Wildman–Crippen LogP) is 1.64. The van der Waals surface area contributed by atoms with Crippen LogP contribution in [0.25, 0.3) is 10.4 Å². The molecule has 0 saturated heterocycles. The molecule has 0 fully saturated rings. The largest absolute Gasteiger partial charge is 0.412 e. The van der Waals surface area contributed by atoms with Gasteiger partial charge in [-0.2, -0.15) is 5.90 Å². The molecule has 0 amide bonds. The van der Waals surface area contributed by atoms with Crippen LogP contribution in [0, 0.1) is 0 Å². The monoisotopic (exact) mass is 207 g/mol. The van der Waals surface area contributed by atoms with Crippen molar-refractivity contribution in [3.63, 3.8) is 0 Å². The molecule has 4 nitrogen and oxygen atoms in total. The number of anilines is 1. The molecule has 0 bridgehead atoms. The third-order valence-corrected chi connectivity index (χ3v) is 2.74. The lowest BCUT2D eigenvalue weighted by molar-refractivity contribution is 0.334. The molecule has 0 radical (unpaired) electrons. The Balaban J connectivity index is 2.39. The summed E-state index contributed by atoms with van der Waals surface area (Å²) in [5.74, 6) is 6.19. The summed E-state index contributed by atoms with van der Waals surface area (Å²) < 4.78 is 0. The number of aromatic nitrogens is 1. The third-order valence-electron chi connectivity index (χ3n) is 1.85. The number of nitrogens with zero attached hydrogens (tertiary/aromatic N) is 1. The van der Waals surface area contributed by atoms with Gasteiger partial charge in [0.1, 0.15) is 11.6 Å². The number of rotatable bonds is 2. The lowest BCUT2D eigenvalue weighted by Gasteiger charge is -2.00. The minimum atomic E-state index is 0.552. The van der Waals surface area contributed by atoms with Gasteiger partial charge >= 0.3 is 0 Å². The average Bonchev–Trinajstić information content (AvgIpc) is 2.65. The molecule has 4 N–H and O–H groups in total. The van der Waals surface area contributed by atoms with E-state index in [1.165, 1.54) is 11.3 Å². The highest BCUT2D eigenvalue weighted by atomic mass is 32.1. The molecule has 14 heavy (non-hydrogen) atoms. The molecule has 0 saturated carbocycles. The van der Waals surface area contributed by atoms with E-state index in [1.54, 1.807) is 17.6 Å². The number of benzene rings is 1. The van der Waals surface area contributed by atoms with E-state index in [4.69, 9.17) is 11.6 Å². The van der Waals surface area contributed by atoms with E-state index >= 15 is 0 Å². The molecule has 0 spiro atoms. The normalized spacial score (nSPS) is 10.1. The first-order valence-corrected chi connectivity index (χ1v) is 4.85. The molecule has 1 aromatic heterocycles. The minimum absolute atomic E-state index is 0.552. The van der Waals surface area contributed by atoms with Crippen LogP contribution < -0.4 is 16.5 Å². The van der Waals surface area contributed by atoms with Gasteiger partial charge in [-0.25, -0.2) is 4.98 Å². The molecule has 2 aromatic rings. The van der Waals surface area contributed by atoms with Crippen LogP contribution in [0.5, 0.6) is 5.75 Å². The Hall–Kier alpha value is -1.59. The smallest absolute Gasteiger partial charge is 0.146 e. The molecule has 0 atom stereocenters. The summed E-state index contributed by atoms with van der Waals surface area (Å²) in [6, 6.07) is 7.36. The number of hydrogen-bond acceptors (Lipinski definition) is 5. The fourth-order valence-corrected chi connectivity index (χ4v) is 1.87. The Morgan fingerprint density at radius 3 is 2.43 bits per heavy atom. The van der Waals surface area contributed by atoms with Crippen LogP contribution >= 0.6 is 11.3 Å². The lowest BCUT2D eigenvalue weighted by Crippen LogP contribution is -2.01. The van der Waals surface area contributed by atoms with Gasteiger partial charge in [0.05, 0.1) is 10.4 Å². The van der Waals surface area contributed by atoms with Crippen molar-refractivity contribution in [3.05, 3.63) is 29.8 Å². The standard InChI is InChI=1S/C9H9N3OS/c10-9-8(14-5-12-9)6-1-3-7(13-11)4-2-6/h1-5H,10-11H2. The number of hydrogen-bond donors (Lipinski definition) is 2. The second-order valence-electron chi connectivity index (χ2n) is 2.71. The fraction of sp³-hybridized carbons (Fsp3) is 0. The van der Waals surface area contributed by atoms with E-state index in [2.05, 4.69) is 9.82 Å². The molecule has 0 aliphatic carbocycles. The summed E-state index contributed by atoms with van der Waals surface area (Å²) in [6.45, 7) is 0. The van der Waals surface area contributed by atoms with Crippen molar-refractivity contribution < 1.29 is 4.84 Å². The Morgan fingerprint density at radius 1 is 1.21 bits per heavy atom. The Bertz CT molecular complexity index is 424. The summed E-state index contributed by atoms with van der Waals surface area (Å²) in [6.07, 6.45) is 0. The molecule has 5 heteroatoms. The van der Waals surface area contributed by atoms with Gasteiger partial charge < -0.3 is 10.6 Å². The highest BCUT2D eigenvalue weighted by Gasteiger charge is 2.04. The van der Waals surface area contributed by atoms with E-state index < -0.39 is 0 Å². The molecule has 72 valence electrons. The van der Waals surface area contributed by atoms with Crippen LogP contribution in [0.2, 0.25) is 0 Å². The summed E-state index contributed by atoms with van der Waals surface area (Å²) in [5.41, 5.74) is 8.43. The zero-order chi connectivity index (χ0) is 9.97. The van der Waals surface area contributed by atoms with Crippen molar-refractivity contribution in [2.45, 2.75) is 0 Å². The van der Waals surface area contributed by atoms with E-state index in [1.807, 2.05) is 12.1 Å². The summed E-state index contributed by atoms with van der Waals surface area (Å²) in [5, 5.41) is 0. The summed E-state index contributed by atoms with van der Waals surface area (Å²) in [4.78, 5) is 9.52. The van der Waals surface area contributed by atoms with Crippen molar-refractivity contribution in [1.82, 2.24) is 4.98 Å². The van der Waals surface area contributed by atoms with Crippen molar-refractivity contribution in [2.75, 3.05) is 5.73 Å². The van der Waals surface area contributed by atoms with Crippen LogP contribution in [-0.2, 0) is 0 Å². The van der Waals surface area contributed by atoms with Crippen molar-refractivity contribution in [2.24, 2.45) is 5.90 Å². The zero-order valence-electron chi connectivity index (χ0n) is 7.31. The molecular weight excluding hydrogens is 198 g/mol. The van der Waals surface area contributed by atoms with Gasteiger partial charge in [0.2, 0.25) is 0 Å². The van der Waals surface area contributed by atoms with Crippen LogP contribution in [0.3, 0.4) is 0 Å². The van der Waals surface area contributed by atoms with Gasteiger partial charge in [-0.3, -0.25) is 0 Å². The van der Waals surface area contributed by atoms with Crippen molar-refractivity contribution >= 4 is 17.2 Å². The maximum absolute atomic E-state index is 5.69. The number of thiazole rings is 1. The molecular formula is C9H9N3OS. The average molecular weight is 207 g/mol.